The minimum absolute atomic E-state index is 0.0668. The summed E-state index contributed by atoms with van der Waals surface area (Å²) in [5.41, 5.74) is 6.54. The van der Waals surface area contributed by atoms with Crippen LogP contribution < -0.4 is 5.73 Å². The Morgan fingerprint density at radius 2 is 2.29 bits per heavy atom. The van der Waals surface area contributed by atoms with Gasteiger partial charge in [-0.25, -0.2) is 0 Å². The van der Waals surface area contributed by atoms with Crippen molar-refractivity contribution in [3.63, 3.8) is 0 Å². The lowest BCUT2D eigenvalue weighted by Gasteiger charge is -2.66. The molecule has 1 amide bonds. The van der Waals surface area contributed by atoms with Crippen molar-refractivity contribution in [2.75, 3.05) is 0 Å². The van der Waals surface area contributed by atoms with Gasteiger partial charge >= 0.3 is 0 Å². The van der Waals surface area contributed by atoms with Gasteiger partial charge in [0.05, 0.1) is 5.41 Å². The van der Waals surface area contributed by atoms with E-state index >= 15 is 0 Å². The lowest BCUT2D eigenvalue weighted by molar-refractivity contribution is -0.198. The van der Waals surface area contributed by atoms with Gasteiger partial charge in [0, 0.05) is 11.9 Å². The number of carbonyl (C=O) groups is 1. The first-order chi connectivity index (χ1) is 8.22. The molecule has 90 valence electrons. The SMILES string of the molecule is NC(=O)C12CC(C1)C2CCCc1ccccn1. The summed E-state index contributed by atoms with van der Waals surface area (Å²) in [5, 5.41) is 0. The Labute approximate surface area is 101 Å². The number of nitrogens with zero attached hydrogens (tertiary/aromatic N) is 1. The third kappa shape index (κ3) is 1.56. The smallest absolute Gasteiger partial charge is 0.223 e. The van der Waals surface area contributed by atoms with Crippen LogP contribution in [0.2, 0.25) is 0 Å². The van der Waals surface area contributed by atoms with E-state index in [4.69, 9.17) is 5.73 Å². The Morgan fingerprint density at radius 3 is 2.82 bits per heavy atom. The third-order valence-electron chi connectivity index (χ3n) is 4.70. The molecule has 3 fully saturated rings. The molecule has 3 saturated carbocycles. The van der Waals surface area contributed by atoms with E-state index < -0.39 is 0 Å². The molecule has 1 atom stereocenters. The van der Waals surface area contributed by atoms with Crippen LogP contribution in [-0.2, 0) is 11.2 Å². The van der Waals surface area contributed by atoms with Crippen LogP contribution >= 0.6 is 0 Å². The standard InChI is InChI=1S/C14H18N2O/c15-13(17)14-8-10(9-14)12(14)6-3-5-11-4-1-2-7-16-11/h1-2,4,7,10,12H,3,5-6,8-9H2,(H2,15,17). The molecule has 3 aliphatic carbocycles. The van der Waals surface area contributed by atoms with E-state index in [9.17, 15) is 4.79 Å². The number of aryl methyl sites for hydroxylation is 1. The van der Waals surface area contributed by atoms with Crippen LogP contribution in [0.3, 0.4) is 0 Å². The monoisotopic (exact) mass is 230 g/mol. The Hall–Kier alpha value is -1.38. The largest absolute Gasteiger partial charge is 0.369 e. The molecule has 3 aliphatic rings. The molecule has 1 heterocycles. The van der Waals surface area contributed by atoms with Gasteiger partial charge in [-0.1, -0.05) is 6.07 Å². The van der Waals surface area contributed by atoms with E-state index in [-0.39, 0.29) is 11.3 Å². The van der Waals surface area contributed by atoms with Crippen LogP contribution in [0.1, 0.15) is 31.4 Å². The fourth-order valence-electron chi connectivity index (χ4n) is 3.54. The number of hydrogen-bond donors (Lipinski definition) is 1. The number of aromatic nitrogens is 1. The van der Waals surface area contributed by atoms with Gasteiger partial charge in [0.25, 0.3) is 0 Å². The zero-order valence-electron chi connectivity index (χ0n) is 9.93. The number of rotatable bonds is 5. The average Bonchev–Trinajstić information content (AvgIpc) is 2.22. The van der Waals surface area contributed by atoms with Crippen LogP contribution in [-0.4, -0.2) is 10.9 Å². The second kappa shape index (κ2) is 3.83. The summed E-state index contributed by atoms with van der Waals surface area (Å²) in [6.45, 7) is 0. The maximum atomic E-state index is 11.4. The van der Waals surface area contributed by atoms with Crippen LogP contribution in [0.4, 0.5) is 0 Å². The van der Waals surface area contributed by atoms with Crippen molar-refractivity contribution in [2.24, 2.45) is 23.0 Å². The van der Waals surface area contributed by atoms with Crippen LogP contribution in [0.25, 0.3) is 0 Å². The average molecular weight is 230 g/mol. The van der Waals surface area contributed by atoms with Crippen molar-refractivity contribution in [2.45, 2.75) is 32.1 Å². The number of amides is 1. The molecule has 3 nitrogen and oxygen atoms in total. The first kappa shape index (κ1) is 10.8. The van der Waals surface area contributed by atoms with E-state index in [1.807, 2.05) is 18.3 Å². The van der Waals surface area contributed by atoms with Crippen molar-refractivity contribution in [1.82, 2.24) is 4.98 Å². The summed E-state index contributed by atoms with van der Waals surface area (Å²) < 4.78 is 0. The number of hydrogen-bond acceptors (Lipinski definition) is 2. The van der Waals surface area contributed by atoms with E-state index in [1.54, 1.807) is 0 Å². The van der Waals surface area contributed by atoms with E-state index in [0.29, 0.717) is 5.92 Å². The fourth-order valence-corrected chi connectivity index (χ4v) is 3.54. The maximum absolute atomic E-state index is 11.4. The molecule has 0 radical (unpaired) electrons. The van der Waals surface area contributed by atoms with Gasteiger partial charge in [0.2, 0.25) is 5.91 Å². The summed E-state index contributed by atoms with van der Waals surface area (Å²) in [6.07, 6.45) is 7.20. The molecule has 2 bridgehead atoms. The third-order valence-corrected chi connectivity index (χ3v) is 4.70. The van der Waals surface area contributed by atoms with Crippen LogP contribution in [0.5, 0.6) is 0 Å². The van der Waals surface area contributed by atoms with E-state index in [2.05, 4.69) is 11.1 Å². The van der Waals surface area contributed by atoms with Crippen LogP contribution in [0, 0.1) is 17.3 Å². The Bertz CT molecular complexity index is 423. The highest BCUT2D eigenvalue weighted by molar-refractivity contribution is 5.84. The first-order valence-corrected chi connectivity index (χ1v) is 6.42. The molecule has 0 saturated heterocycles. The lowest BCUT2D eigenvalue weighted by Crippen LogP contribution is -2.67. The van der Waals surface area contributed by atoms with Crippen molar-refractivity contribution in [1.29, 1.82) is 0 Å². The van der Waals surface area contributed by atoms with Crippen molar-refractivity contribution < 1.29 is 4.79 Å². The molecule has 2 N–H and O–H groups in total. The molecule has 1 unspecified atom stereocenters. The molecule has 17 heavy (non-hydrogen) atoms. The maximum Gasteiger partial charge on any atom is 0.223 e. The minimum atomic E-state index is -0.102. The predicted molar refractivity (Wildman–Crippen MR) is 65.0 cm³/mol. The van der Waals surface area contributed by atoms with Crippen molar-refractivity contribution >= 4 is 5.91 Å². The Kier molecular flexibility index (Phi) is 2.42. The van der Waals surface area contributed by atoms with Gasteiger partial charge in [-0.3, -0.25) is 9.78 Å². The van der Waals surface area contributed by atoms with Gasteiger partial charge in [-0.2, -0.15) is 0 Å². The number of pyridine rings is 1. The van der Waals surface area contributed by atoms with Gasteiger partial charge in [-0.15, -0.1) is 0 Å². The summed E-state index contributed by atoms with van der Waals surface area (Å²) >= 11 is 0. The van der Waals surface area contributed by atoms with Crippen molar-refractivity contribution in [3.05, 3.63) is 30.1 Å². The van der Waals surface area contributed by atoms with Gasteiger partial charge in [0.1, 0.15) is 0 Å². The molecule has 0 aliphatic heterocycles. The molecular weight excluding hydrogens is 212 g/mol. The number of carbonyl (C=O) groups excluding carboxylic acids is 1. The van der Waals surface area contributed by atoms with E-state index in [1.165, 1.54) is 0 Å². The summed E-state index contributed by atoms with van der Waals surface area (Å²) in [6, 6.07) is 6.02. The second-order valence-corrected chi connectivity index (χ2v) is 5.51. The van der Waals surface area contributed by atoms with Gasteiger partial charge in [-0.05, 0) is 56.1 Å². The highest BCUT2D eigenvalue weighted by Gasteiger charge is 2.67. The molecule has 1 aromatic heterocycles. The number of nitrogens with two attached hydrogens (primary N) is 1. The van der Waals surface area contributed by atoms with Crippen LogP contribution in [0.15, 0.2) is 24.4 Å². The lowest BCUT2D eigenvalue weighted by atomic mass is 9.36. The molecule has 4 rings (SSSR count). The molecule has 0 aromatic carbocycles. The van der Waals surface area contributed by atoms with Gasteiger partial charge < -0.3 is 5.73 Å². The zero-order chi connectivity index (χ0) is 11.9. The normalized spacial score (nSPS) is 33.6. The molecule has 1 aromatic rings. The quantitative estimate of drug-likeness (QED) is 0.840. The second-order valence-electron chi connectivity index (χ2n) is 5.51. The fraction of sp³-hybridized carbons (Fsp3) is 0.571. The molecule has 0 spiro atoms. The summed E-state index contributed by atoms with van der Waals surface area (Å²) in [5.74, 6) is 1.29. The highest BCUT2D eigenvalue weighted by atomic mass is 16.1. The summed E-state index contributed by atoms with van der Waals surface area (Å²) in [4.78, 5) is 15.7. The molecule has 3 heteroatoms. The predicted octanol–water partition coefficient (Wildman–Crippen LogP) is 1.92. The molecular formula is C14H18N2O. The highest BCUT2D eigenvalue weighted by Crippen LogP contribution is 2.69. The zero-order valence-corrected chi connectivity index (χ0v) is 9.93. The first-order valence-electron chi connectivity index (χ1n) is 6.42. The van der Waals surface area contributed by atoms with Gasteiger partial charge in [0.15, 0.2) is 0 Å². The van der Waals surface area contributed by atoms with E-state index in [0.717, 1.165) is 43.7 Å². The number of primary amides is 1. The minimum Gasteiger partial charge on any atom is -0.369 e. The Balaban J connectivity index is 1.49. The van der Waals surface area contributed by atoms with Crippen molar-refractivity contribution in [3.8, 4) is 0 Å². The Morgan fingerprint density at radius 1 is 1.47 bits per heavy atom. The topological polar surface area (TPSA) is 56.0 Å². The summed E-state index contributed by atoms with van der Waals surface area (Å²) in [7, 11) is 0.